The summed E-state index contributed by atoms with van der Waals surface area (Å²) in [6, 6.07) is 0. The second-order valence-electron chi connectivity index (χ2n) is 10.5. The van der Waals surface area contributed by atoms with E-state index in [2.05, 4.69) is 32.4 Å². The van der Waals surface area contributed by atoms with Crippen molar-refractivity contribution >= 4 is 0 Å². The minimum absolute atomic E-state index is 0.0558. The van der Waals surface area contributed by atoms with Gasteiger partial charge in [-0.15, -0.1) is 0 Å². The summed E-state index contributed by atoms with van der Waals surface area (Å²) in [6.45, 7) is 15.6. The standard InChI is InChI=1S/C24H41NO3/c1-17-6-7-21-23(3,12-8-22-24(21,4)16-27-18(2)28-22)20(17)11-15-26-19-9-13-25(5)14-10-19/h18-22H,1,6-16H2,2-5H3/t18-,20-,21?,22-,23+,24+/m1/s1. The van der Waals surface area contributed by atoms with Crippen LogP contribution in [0.3, 0.4) is 0 Å². The Balaban J connectivity index is 1.42. The molecule has 6 atom stereocenters. The van der Waals surface area contributed by atoms with Gasteiger partial charge in [0.15, 0.2) is 6.29 Å². The monoisotopic (exact) mass is 391 g/mol. The molecule has 4 aliphatic rings. The lowest BCUT2D eigenvalue weighted by molar-refractivity contribution is -0.297. The van der Waals surface area contributed by atoms with Crippen LogP contribution in [0.25, 0.3) is 0 Å². The van der Waals surface area contributed by atoms with E-state index in [1.54, 1.807) is 0 Å². The average molecular weight is 392 g/mol. The molecule has 28 heavy (non-hydrogen) atoms. The number of likely N-dealkylation sites (tertiary alicyclic amines) is 1. The van der Waals surface area contributed by atoms with Gasteiger partial charge in [0.05, 0.1) is 18.8 Å². The van der Waals surface area contributed by atoms with E-state index in [4.69, 9.17) is 14.2 Å². The molecule has 4 nitrogen and oxygen atoms in total. The summed E-state index contributed by atoms with van der Waals surface area (Å²) in [5.74, 6) is 1.21. The molecule has 0 N–H and O–H groups in total. The van der Waals surface area contributed by atoms with Gasteiger partial charge in [-0.1, -0.05) is 26.0 Å². The number of nitrogens with zero attached hydrogens (tertiary/aromatic N) is 1. The highest BCUT2D eigenvalue weighted by molar-refractivity contribution is 5.18. The SMILES string of the molecule is C=C1CCC2[C@]3(C)CO[C@@H](C)O[C@@H]3CC[C@@]2(C)[C@@H]1CCOC1CCN(C)CC1. The van der Waals surface area contributed by atoms with E-state index in [1.165, 1.54) is 44.3 Å². The summed E-state index contributed by atoms with van der Waals surface area (Å²) in [7, 11) is 2.21. The molecule has 2 heterocycles. The van der Waals surface area contributed by atoms with Crippen molar-refractivity contribution in [2.75, 3.05) is 33.4 Å². The maximum absolute atomic E-state index is 6.34. The maximum atomic E-state index is 6.34. The van der Waals surface area contributed by atoms with Gasteiger partial charge in [0.25, 0.3) is 0 Å². The van der Waals surface area contributed by atoms with Crippen LogP contribution in [-0.4, -0.2) is 56.7 Å². The predicted octanol–water partition coefficient (Wildman–Crippen LogP) is 4.64. The van der Waals surface area contributed by atoms with Crippen LogP contribution >= 0.6 is 0 Å². The Morgan fingerprint density at radius 3 is 2.64 bits per heavy atom. The fourth-order valence-electron chi connectivity index (χ4n) is 6.99. The number of allylic oxidation sites excluding steroid dienone is 1. The third-order valence-corrected chi connectivity index (χ3v) is 8.73. The van der Waals surface area contributed by atoms with Gasteiger partial charge in [-0.2, -0.15) is 0 Å². The van der Waals surface area contributed by atoms with Crippen LogP contribution in [0.2, 0.25) is 0 Å². The van der Waals surface area contributed by atoms with Crippen LogP contribution < -0.4 is 0 Å². The molecule has 0 aromatic heterocycles. The number of ether oxygens (including phenoxy) is 3. The summed E-state index contributed by atoms with van der Waals surface area (Å²) in [4.78, 5) is 2.41. The summed E-state index contributed by atoms with van der Waals surface area (Å²) in [5.41, 5.74) is 1.89. The minimum atomic E-state index is -0.0558. The first-order valence-electron chi connectivity index (χ1n) is 11.6. The van der Waals surface area contributed by atoms with E-state index >= 15 is 0 Å². The summed E-state index contributed by atoms with van der Waals surface area (Å²) < 4.78 is 18.6. The first-order chi connectivity index (χ1) is 13.3. The van der Waals surface area contributed by atoms with Crippen molar-refractivity contribution in [3.05, 3.63) is 12.2 Å². The topological polar surface area (TPSA) is 30.9 Å². The molecule has 1 unspecified atom stereocenters. The first-order valence-corrected chi connectivity index (χ1v) is 11.6. The normalized spacial score (nSPS) is 45.5. The summed E-state index contributed by atoms with van der Waals surface area (Å²) in [6.07, 6.45) is 8.98. The van der Waals surface area contributed by atoms with E-state index in [0.29, 0.717) is 29.5 Å². The lowest BCUT2D eigenvalue weighted by Crippen LogP contribution is -2.61. The fourth-order valence-corrected chi connectivity index (χ4v) is 6.99. The third kappa shape index (κ3) is 3.71. The quantitative estimate of drug-likeness (QED) is 0.654. The molecule has 160 valence electrons. The highest BCUT2D eigenvalue weighted by Gasteiger charge is 2.59. The van der Waals surface area contributed by atoms with Crippen LogP contribution in [-0.2, 0) is 14.2 Å². The molecule has 4 rings (SSSR count). The van der Waals surface area contributed by atoms with Crippen molar-refractivity contribution in [2.45, 2.75) is 84.2 Å². The molecule has 0 aromatic carbocycles. The first kappa shape index (κ1) is 20.8. The van der Waals surface area contributed by atoms with Gasteiger partial charge >= 0.3 is 0 Å². The Labute approximate surface area is 172 Å². The molecular weight excluding hydrogens is 350 g/mol. The Hall–Kier alpha value is -0.420. The lowest BCUT2D eigenvalue weighted by Gasteiger charge is -2.62. The van der Waals surface area contributed by atoms with E-state index in [-0.39, 0.29) is 11.7 Å². The van der Waals surface area contributed by atoms with Crippen molar-refractivity contribution < 1.29 is 14.2 Å². The number of rotatable bonds is 4. The second-order valence-corrected chi connectivity index (χ2v) is 10.5. The van der Waals surface area contributed by atoms with Gasteiger partial charge in [-0.3, -0.25) is 0 Å². The van der Waals surface area contributed by atoms with Crippen LogP contribution in [0.4, 0.5) is 0 Å². The van der Waals surface area contributed by atoms with Crippen molar-refractivity contribution in [2.24, 2.45) is 22.7 Å². The highest BCUT2D eigenvalue weighted by Crippen LogP contribution is 2.63. The third-order valence-electron chi connectivity index (χ3n) is 8.73. The van der Waals surface area contributed by atoms with Crippen LogP contribution in [0.1, 0.15) is 65.7 Å². The predicted molar refractivity (Wildman–Crippen MR) is 112 cm³/mol. The molecule has 4 fully saturated rings. The van der Waals surface area contributed by atoms with Crippen molar-refractivity contribution in [1.29, 1.82) is 0 Å². The van der Waals surface area contributed by atoms with Crippen molar-refractivity contribution in [3.8, 4) is 0 Å². The van der Waals surface area contributed by atoms with E-state index in [9.17, 15) is 0 Å². The lowest BCUT2D eigenvalue weighted by atomic mass is 9.46. The minimum Gasteiger partial charge on any atom is -0.378 e. The molecule has 0 aromatic rings. The Morgan fingerprint density at radius 1 is 1.14 bits per heavy atom. The molecular formula is C24H41NO3. The van der Waals surface area contributed by atoms with Crippen molar-refractivity contribution in [1.82, 2.24) is 4.90 Å². The molecule has 2 aliphatic heterocycles. The van der Waals surface area contributed by atoms with Crippen molar-refractivity contribution in [3.63, 3.8) is 0 Å². The van der Waals surface area contributed by atoms with E-state index in [0.717, 1.165) is 32.5 Å². The number of hydrogen-bond donors (Lipinski definition) is 0. The zero-order chi connectivity index (χ0) is 19.9. The number of hydrogen-bond acceptors (Lipinski definition) is 4. The van der Waals surface area contributed by atoms with Crippen LogP contribution in [0, 0.1) is 22.7 Å². The zero-order valence-corrected chi connectivity index (χ0v) is 18.5. The maximum Gasteiger partial charge on any atom is 0.155 e. The molecule has 2 aliphatic carbocycles. The van der Waals surface area contributed by atoms with Gasteiger partial charge in [-0.05, 0) is 76.2 Å². The largest absolute Gasteiger partial charge is 0.378 e. The molecule has 0 radical (unpaired) electrons. The fraction of sp³-hybridized carbons (Fsp3) is 0.917. The van der Waals surface area contributed by atoms with Gasteiger partial charge in [0.2, 0.25) is 0 Å². The number of fused-ring (bicyclic) bond motifs is 3. The van der Waals surface area contributed by atoms with Gasteiger partial charge < -0.3 is 19.1 Å². The van der Waals surface area contributed by atoms with E-state index in [1.807, 2.05) is 6.92 Å². The summed E-state index contributed by atoms with van der Waals surface area (Å²) in [5, 5.41) is 0. The Morgan fingerprint density at radius 2 is 1.89 bits per heavy atom. The van der Waals surface area contributed by atoms with Crippen LogP contribution in [0.5, 0.6) is 0 Å². The molecule has 0 spiro atoms. The Kier molecular flexibility index (Phi) is 5.97. The average Bonchev–Trinajstić information content (AvgIpc) is 2.66. The second kappa shape index (κ2) is 8.02. The number of piperidine rings is 1. The molecule has 2 saturated carbocycles. The van der Waals surface area contributed by atoms with Gasteiger partial charge in [0, 0.05) is 25.1 Å². The zero-order valence-electron chi connectivity index (χ0n) is 18.5. The molecule has 0 bridgehead atoms. The van der Waals surface area contributed by atoms with Gasteiger partial charge in [0.1, 0.15) is 0 Å². The highest BCUT2D eigenvalue weighted by atomic mass is 16.7. The van der Waals surface area contributed by atoms with Crippen LogP contribution in [0.15, 0.2) is 12.2 Å². The molecule has 4 heteroatoms. The van der Waals surface area contributed by atoms with E-state index < -0.39 is 0 Å². The summed E-state index contributed by atoms with van der Waals surface area (Å²) >= 11 is 0. The molecule has 0 amide bonds. The van der Waals surface area contributed by atoms with Gasteiger partial charge in [-0.25, -0.2) is 0 Å². The molecule has 2 saturated heterocycles. The smallest absolute Gasteiger partial charge is 0.155 e. The Bertz CT molecular complexity index is 572.